The Morgan fingerprint density at radius 2 is 1.89 bits per heavy atom. The number of hydrogen-bond donors (Lipinski definition) is 1. The molecule has 1 unspecified atom stereocenters. The molecule has 19 heavy (non-hydrogen) atoms. The van der Waals surface area contributed by atoms with Crippen LogP contribution >= 0.6 is 0 Å². The molecule has 0 saturated heterocycles. The van der Waals surface area contributed by atoms with E-state index in [1.807, 2.05) is 0 Å². The third-order valence-corrected chi connectivity index (χ3v) is 3.79. The second-order valence-electron chi connectivity index (χ2n) is 6.06. The second kappa shape index (κ2) is 6.22. The van der Waals surface area contributed by atoms with Crippen LogP contribution in [0.2, 0.25) is 0 Å². The lowest BCUT2D eigenvalue weighted by atomic mass is 9.87. The Hall–Kier alpha value is -1.32. The first-order valence-corrected chi connectivity index (χ1v) is 7.13. The molecular weight excluding hydrogens is 236 g/mol. The molecule has 108 valence electrons. The van der Waals surface area contributed by atoms with Crippen LogP contribution in [-0.2, 0) is 6.42 Å². The van der Waals surface area contributed by atoms with Crippen LogP contribution in [0, 0.1) is 5.41 Å². The van der Waals surface area contributed by atoms with Gasteiger partial charge in [0.15, 0.2) is 0 Å². The number of aromatic nitrogens is 2. The Balaban J connectivity index is 3.15. The summed E-state index contributed by atoms with van der Waals surface area (Å²) in [5.74, 6) is 2.00. The van der Waals surface area contributed by atoms with Crippen LogP contribution in [-0.4, -0.2) is 29.6 Å². The van der Waals surface area contributed by atoms with E-state index >= 15 is 0 Å². The smallest absolute Gasteiger partial charge is 0.137 e. The summed E-state index contributed by atoms with van der Waals surface area (Å²) in [6, 6.07) is 0.405. The zero-order valence-corrected chi connectivity index (χ0v) is 13.4. The van der Waals surface area contributed by atoms with Crippen LogP contribution in [0.4, 0.5) is 11.6 Å². The fraction of sp³-hybridized carbons (Fsp3) is 0.733. The normalized spacial score (nSPS) is 13.2. The van der Waals surface area contributed by atoms with Crippen LogP contribution in [0.5, 0.6) is 0 Å². The predicted octanol–water partition coefficient (Wildman–Crippen LogP) is 3.34. The van der Waals surface area contributed by atoms with Crippen molar-refractivity contribution in [3.8, 4) is 0 Å². The van der Waals surface area contributed by atoms with Crippen LogP contribution in [0.3, 0.4) is 0 Å². The fourth-order valence-electron chi connectivity index (χ4n) is 2.12. The number of anilines is 2. The summed E-state index contributed by atoms with van der Waals surface area (Å²) in [6.45, 7) is 14.1. The van der Waals surface area contributed by atoms with Gasteiger partial charge in [0.05, 0.1) is 0 Å². The summed E-state index contributed by atoms with van der Waals surface area (Å²) in [5.41, 5.74) is 1.41. The number of rotatable bonds is 5. The monoisotopic (exact) mass is 264 g/mol. The van der Waals surface area contributed by atoms with Gasteiger partial charge in [-0.05, 0) is 25.7 Å². The average molecular weight is 264 g/mol. The molecule has 0 saturated carbocycles. The van der Waals surface area contributed by atoms with Crippen molar-refractivity contribution in [1.29, 1.82) is 0 Å². The molecule has 0 aliphatic rings. The minimum absolute atomic E-state index is 0.211. The summed E-state index contributed by atoms with van der Waals surface area (Å²) in [6.07, 6.45) is 2.58. The standard InChI is InChI=1S/C15H28N4/c1-8-12-13(16-9-2)17-10-18-14(12)19(7)11(3)15(4,5)6/h10-11H,8-9H2,1-7H3,(H,16,17,18). The molecule has 0 fully saturated rings. The minimum atomic E-state index is 0.211. The van der Waals surface area contributed by atoms with Crippen molar-refractivity contribution < 1.29 is 0 Å². The molecule has 0 aromatic carbocycles. The van der Waals surface area contributed by atoms with Gasteiger partial charge in [-0.2, -0.15) is 0 Å². The molecule has 1 aromatic rings. The highest BCUT2D eigenvalue weighted by atomic mass is 15.2. The third kappa shape index (κ3) is 3.58. The van der Waals surface area contributed by atoms with Gasteiger partial charge in [0.25, 0.3) is 0 Å². The molecule has 1 rings (SSSR count). The Morgan fingerprint density at radius 1 is 1.26 bits per heavy atom. The molecule has 0 amide bonds. The fourth-order valence-corrected chi connectivity index (χ4v) is 2.12. The molecule has 1 N–H and O–H groups in total. The Bertz CT molecular complexity index is 409. The number of nitrogens with one attached hydrogen (secondary N) is 1. The lowest BCUT2D eigenvalue weighted by Crippen LogP contribution is -2.40. The Morgan fingerprint density at radius 3 is 2.37 bits per heavy atom. The molecule has 0 aliphatic heterocycles. The van der Waals surface area contributed by atoms with Crippen molar-refractivity contribution in [2.24, 2.45) is 5.41 Å². The third-order valence-electron chi connectivity index (χ3n) is 3.79. The molecule has 1 atom stereocenters. The van der Waals surface area contributed by atoms with E-state index in [1.54, 1.807) is 6.33 Å². The van der Waals surface area contributed by atoms with E-state index in [0.29, 0.717) is 6.04 Å². The first kappa shape index (κ1) is 15.7. The Labute approximate surface area is 117 Å². The molecule has 4 heteroatoms. The maximum atomic E-state index is 4.50. The first-order chi connectivity index (χ1) is 8.82. The van der Waals surface area contributed by atoms with E-state index in [1.165, 1.54) is 5.56 Å². The maximum absolute atomic E-state index is 4.50. The summed E-state index contributed by atoms with van der Waals surface area (Å²) >= 11 is 0. The highest BCUT2D eigenvalue weighted by Crippen LogP contribution is 2.30. The van der Waals surface area contributed by atoms with Crippen LogP contribution in [0.25, 0.3) is 0 Å². The van der Waals surface area contributed by atoms with Crippen LogP contribution in [0.1, 0.15) is 47.1 Å². The quantitative estimate of drug-likeness (QED) is 0.885. The predicted molar refractivity (Wildman–Crippen MR) is 82.9 cm³/mol. The number of nitrogens with zero attached hydrogens (tertiary/aromatic N) is 3. The van der Waals surface area contributed by atoms with Gasteiger partial charge >= 0.3 is 0 Å². The van der Waals surface area contributed by atoms with Crippen molar-refractivity contribution in [2.75, 3.05) is 23.8 Å². The number of hydrogen-bond acceptors (Lipinski definition) is 4. The van der Waals surface area contributed by atoms with Crippen LogP contribution < -0.4 is 10.2 Å². The van der Waals surface area contributed by atoms with E-state index in [4.69, 9.17) is 0 Å². The largest absolute Gasteiger partial charge is 0.370 e. The van der Waals surface area contributed by atoms with Gasteiger partial charge in [-0.25, -0.2) is 9.97 Å². The van der Waals surface area contributed by atoms with Crippen molar-refractivity contribution in [3.63, 3.8) is 0 Å². The zero-order chi connectivity index (χ0) is 14.6. The van der Waals surface area contributed by atoms with Gasteiger partial charge in [-0.3, -0.25) is 0 Å². The molecule has 1 aromatic heterocycles. The molecular formula is C15H28N4. The van der Waals surface area contributed by atoms with E-state index < -0.39 is 0 Å². The summed E-state index contributed by atoms with van der Waals surface area (Å²) < 4.78 is 0. The minimum Gasteiger partial charge on any atom is -0.370 e. The molecule has 0 bridgehead atoms. The summed E-state index contributed by atoms with van der Waals surface area (Å²) in [4.78, 5) is 11.1. The van der Waals surface area contributed by atoms with Crippen molar-refractivity contribution in [2.45, 2.75) is 54.0 Å². The van der Waals surface area contributed by atoms with Gasteiger partial charge in [-0.1, -0.05) is 27.7 Å². The van der Waals surface area contributed by atoms with Gasteiger partial charge in [0.2, 0.25) is 0 Å². The van der Waals surface area contributed by atoms with Crippen molar-refractivity contribution in [3.05, 3.63) is 11.9 Å². The SMILES string of the molecule is CCNc1ncnc(N(C)C(C)C(C)(C)C)c1CC. The highest BCUT2D eigenvalue weighted by Gasteiger charge is 2.26. The molecule has 0 aliphatic carbocycles. The second-order valence-corrected chi connectivity index (χ2v) is 6.06. The van der Waals surface area contributed by atoms with Gasteiger partial charge < -0.3 is 10.2 Å². The Kier molecular flexibility index (Phi) is 5.15. The van der Waals surface area contributed by atoms with Crippen molar-refractivity contribution in [1.82, 2.24) is 9.97 Å². The molecule has 1 heterocycles. The summed E-state index contributed by atoms with van der Waals surface area (Å²) in [7, 11) is 2.12. The molecule has 0 radical (unpaired) electrons. The highest BCUT2D eigenvalue weighted by molar-refractivity contribution is 5.59. The lowest BCUT2D eigenvalue weighted by molar-refractivity contribution is 0.328. The van der Waals surface area contributed by atoms with Gasteiger partial charge in [-0.15, -0.1) is 0 Å². The van der Waals surface area contributed by atoms with Crippen LogP contribution in [0.15, 0.2) is 6.33 Å². The average Bonchev–Trinajstić information content (AvgIpc) is 2.36. The zero-order valence-electron chi connectivity index (χ0n) is 13.4. The topological polar surface area (TPSA) is 41.1 Å². The molecule has 4 nitrogen and oxygen atoms in total. The van der Waals surface area contributed by atoms with Crippen molar-refractivity contribution >= 4 is 11.6 Å². The summed E-state index contributed by atoms with van der Waals surface area (Å²) in [5, 5.41) is 3.32. The van der Waals surface area contributed by atoms with E-state index in [9.17, 15) is 0 Å². The maximum Gasteiger partial charge on any atom is 0.137 e. The van der Waals surface area contributed by atoms with E-state index in [2.05, 4.69) is 68.8 Å². The first-order valence-electron chi connectivity index (χ1n) is 7.13. The lowest BCUT2D eigenvalue weighted by Gasteiger charge is -2.37. The molecule has 0 spiro atoms. The van der Waals surface area contributed by atoms with E-state index in [0.717, 1.165) is 24.6 Å². The van der Waals surface area contributed by atoms with Gasteiger partial charge in [0.1, 0.15) is 18.0 Å². The van der Waals surface area contributed by atoms with E-state index in [-0.39, 0.29) is 5.41 Å². The van der Waals surface area contributed by atoms with Gasteiger partial charge in [0, 0.05) is 25.2 Å².